The molecule has 1 aromatic heterocycles. The number of nitrogens with one attached hydrogen (secondary N) is 1. The molecule has 0 unspecified atom stereocenters. The Morgan fingerprint density at radius 2 is 2.19 bits per heavy atom. The van der Waals surface area contributed by atoms with Crippen LogP contribution in [0.2, 0.25) is 0 Å². The molecule has 0 saturated carbocycles. The Morgan fingerprint density at radius 1 is 1.38 bits per heavy atom. The molecule has 2 aromatic rings. The number of benzene rings is 1. The van der Waals surface area contributed by atoms with Gasteiger partial charge in [0.1, 0.15) is 0 Å². The maximum Gasteiger partial charge on any atom is 0.255 e. The summed E-state index contributed by atoms with van der Waals surface area (Å²) in [7, 11) is -2.19. The molecule has 1 aromatic carbocycles. The second-order valence-corrected chi connectivity index (χ2v) is 9.50. The molecule has 1 amide bonds. The molecule has 26 heavy (non-hydrogen) atoms. The Kier molecular flexibility index (Phi) is 6.13. The third-order valence-corrected chi connectivity index (χ3v) is 7.34. The maximum atomic E-state index is 13.0. The van der Waals surface area contributed by atoms with Crippen molar-refractivity contribution in [3.8, 4) is 0 Å². The fourth-order valence-electron chi connectivity index (χ4n) is 2.79. The summed E-state index contributed by atoms with van der Waals surface area (Å²) >= 11 is 5.08. The molecule has 1 aliphatic heterocycles. The zero-order valence-electron chi connectivity index (χ0n) is 14.2. The summed E-state index contributed by atoms with van der Waals surface area (Å²) in [5.74, 6) is -0.178. The minimum Gasteiger partial charge on any atom is -0.383 e. The zero-order chi connectivity index (χ0) is 18.7. The van der Waals surface area contributed by atoms with Crippen molar-refractivity contribution in [2.24, 2.45) is 0 Å². The number of ether oxygens (including phenoxy) is 1. The summed E-state index contributed by atoms with van der Waals surface area (Å²) in [4.78, 5) is 16.1. The Hall–Kier alpha value is -1.26. The van der Waals surface area contributed by atoms with Crippen molar-refractivity contribution in [1.29, 1.82) is 0 Å². The lowest BCUT2D eigenvalue weighted by atomic mass is 10.1. The van der Waals surface area contributed by atoms with Crippen molar-refractivity contribution in [1.82, 2.24) is 9.62 Å². The van der Waals surface area contributed by atoms with E-state index in [1.165, 1.54) is 24.1 Å². The molecule has 0 atom stereocenters. The lowest BCUT2D eigenvalue weighted by Gasteiger charge is -2.27. The minimum atomic E-state index is -3.70. The summed E-state index contributed by atoms with van der Waals surface area (Å²) in [6.07, 6.45) is 0.826. The smallest absolute Gasteiger partial charge is 0.255 e. The van der Waals surface area contributed by atoms with Crippen LogP contribution in [0.5, 0.6) is 0 Å². The van der Waals surface area contributed by atoms with Gasteiger partial charge in [0.25, 0.3) is 5.91 Å². The predicted octanol–water partition coefficient (Wildman–Crippen LogP) is 2.63. The average Bonchev–Trinajstić information content (AvgIpc) is 3.09. The summed E-state index contributed by atoms with van der Waals surface area (Å²) in [6, 6.07) is 6.53. The number of hydrogen-bond donors (Lipinski definition) is 1. The van der Waals surface area contributed by atoms with E-state index in [9.17, 15) is 13.2 Å². The van der Waals surface area contributed by atoms with Gasteiger partial charge in [-0.15, -0.1) is 11.3 Å². The van der Waals surface area contributed by atoms with Crippen LogP contribution in [-0.4, -0.2) is 46.0 Å². The van der Waals surface area contributed by atoms with Crippen molar-refractivity contribution in [3.05, 3.63) is 50.1 Å². The van der Waals surface area contributed by atoms with Crippen LogP contribution in [0.3, 0.4) is 0 Å². The van der Waals surface area contributed by atoms with Gasteiger partial charge in [-0.25, -0.2) is 13.1 Å². The Balaban J connectivity index is 1.83. The molecule has 0 aliphatic carbocycles. The van der Waals surface area contributed by atoms with E-state index in [1.807, 2.05) is 11.4 Å². The van der Waals surface area contributed by atoms with Gasteiger partial charge in [-0.2, -0.15) is 0 Å². The van der Waals surface area contributed by atoms with Crippen LogP contribution < -0.4 is 4.72 Å². The first kappa shape index (κ1) is 19.5. The number of sulfonamides is 1. The van der Waals surface area contributed by atoms with Crippen LogP contribution in [0.4, 0.5) is 0 Å². The molecular weight excluding hydrogens is 440 g/mol. The molecule has 1 aliphatic rings. The maximum absolute atomic E-state index is 13.0. The fraction of sp³-hybridized carbons (Fsp3) is 0.353. The van der Waals surface area contributed by atoms with Gasteiger partial charge < -0.3 is 9.64 Å². The van der Waals surface area contributed by atoms with E-state index in [1.54, 1.807) is 22.3 Å². The number of rotatable bonds is 6. The van der Waals surface area contributed by atoms with E-state index in [-0.39, 0.29) is 24.0 Å². The summed E-state index contributed by atoms with van der Waals surface area (Å²) in [5.41, 5.74) is 1.51. The van der Waals surface area contributed by atoms with E-state index in [2.05, 4.69) is 20.7 Å². The third kappa shape index (κ3) is 4.17. The highest BCUT2D eigenvalue weighted by Crippen LogP contribution is 2.28. The van der Waals surface area contributed by atoms with Crippen molar-refractivity contribution >= 4 is 43.2 Å². The van der Waals surface area contributed by atoms with Crippen LogP contribution in [0.25, 0.3) is 0 Å². The van der Waals surface area contributed by atoms with E-state index in [0.717, 1.165) is 12.0 Å². The van der Waals surface area contributed by atoms with Gasteiger partial charge in [0, 0.05) is 36.1 Å². The largest absolute Gasteiger partial charge is 0.383 e. The SMILES string of the molecule is COCCNS(=O)(=O)c1ccc(Br)c(C(=O)N2CCc3sccc3C2)c1. The molecule has 0 fully saturated rings. The number of nitrogens with zero attached hydrogens (tertiary/aromatic N) is 1. The highest BCUT2D eigenvalue weighted by Gasteiger charge is 2.25. The highest BCUT2D eigenvalue weighted by atomic mass is 79.9. The van der Waals surface area contributed by atoms with Gasteiger partial charge in [0.2, 0.25) is 10.0 Å². The Labute approximate surface area is 165 Å². The number of amides is 1. The number of thiophene rings is 1. The molecule has 0 spiro atoms. The summed E-state index contributed by atoms with van der Waals surface area (Å²) in [5, 5.41) is 2.04. The molecule has 3 rings (SSSR count). The van der Waals surface area contributed by atoms with Crippen molar-refractivity contribution in [2.75, 3.05) is 26.8 Å². The monoisotopic (exact) mass is 458 g/mol. The van der Waals surface area contributed by atoms with E-state index in [0.29, 0.717) is 23.1 Å². The van der Waals surface area contributed by atoms with Crippen LogP contribution in [0.1, 0.15) is 20.8 Å². The molecule has 0 bridgehead atoms. The normalized spacial score (nSPS) is 14.3. The average molecular weight is 459 g/mol. The summed E-state index contributed by atoms with van der Waals surface area (Å²) < 4.78 is 32.7. The van der Waals surface area contributed by atoms with Crippen LogP contribution >= 0.6 is 27.3 Å². The second-order valence-electron chi connectivity index (χ2n) is 5.88. The van der Waals surface area contributed by atoms with Crippen molar-refractivity contribution in [2.45, 2.75) is 17.9 Å². The van der Waals surface area contributed by atoms with Gasteiger partial charge in [-0.3, -0.25) is 4.79 Å². The van der Waals surface area contributed by atoms with Crippen molar-refractivity contribution < 1.29 is 17.9 Å². The Morgan fingerprint density at radius 3 is 2.96 bits per heavy atom. The van der Waals surface area contributed by atoms with E-state index in [4.69, 9.17) is 4.74 Å². The van der Waals surface area contributed by atoms with Crippen LogP contribution in [-0.2, 0) is 27.7 Å². The number of carbonyl (C=O) groups is 1. The second kappa shape index (κ2) is 8.18. The van der Waals surface area contributed by atoms with Crippen LogP contribution in [0, 0.1) is 0 Å². The lowest BCUT2D eigenvalue weighted by molar-refractivity contribution is 0.0734. The zero-order valence-corrected chi connectivity index (χ0v) is 17.4. The number of fused-ring (bicyclic) bond motifs is 1. The van der Waals surface area contributed by atoms with Crippen LogP contribution in [0.15, 0.2) is 39.0 Å². The lowest BCUT2D eigenvalue weighted by Crippen LogP contribution is -2.35. The van der Waals surface area contributed by atoms with Gasteiger partial charge in [0.05, 0.1) is 17.1 Å². The number of halogens is 1. The number of hydrogen-bond acceptors (Lipinski definition) is 5. The highest BCUT2D eigenvalue weighted by molar-refractivity contribution is 9.10. The first-order chi connectivity index (χ1) is 12.4. The van der Waals surface area contributed by atoms with Gasteiger partial charge in [-0.1, -0.05) is 0 Å². The number of carbonyl (C=O) groups excluding carboxylic acids is 1. The molecule has 1 N–H and O–H groups in total. The standard InChI is InChI=1S/C17H19BrN2O4S2/c1-24-8-6-19-26(22,23)13-2-3-15(18)14(10-13)17(21)20-7-4-16-12(11-20)5-9-25-16/h2-3,5,9-10,19H,4,6-8,11H2,1H3. The van der Waals surface area contributed by atoms with Gasteiger partial charge in [0.15, 0.2) is 0 Å². The van der Waals surface area contributed by atoms with E-state index >= 15 is 0 Å². The van der Waals surface area contributed by atoms with Gasteiger partial charge >= 0.3 is 0 Å². The molecular formula is C17H19BrN2O4S2. The van der Waals surface area contributed by atoms with E-state index < -0.39 is 10.0 Å². The fourth-order valence-corrected chi connectivity index (χ4v) is 5.13. The topological polar surface area (TPSA) is 75.7 Å². The molecule has 6 nitrogen and oxygen atoms in total. The molecule has 2 heterocycles. The van der Waals surface area contributed by atoms with Crippen molar-refractivity contribution in [3.63, 3.8) is 0 Å². The third-order valence-electron chi connectivity index (χ3n) is 4.17. The number of methoxy groups -OCH3 is 1. The quantitative estimate of drug-likeness (QED) is 0.674. The minimum absolute atomic E-state index is 0.0633. The first-order valence-corrected chi connectivity index (χ1v) is 11.2. The Bertz CT molecular complexity index is 911. The molecule has 0 radical (unpaired) electrons. The first-order valence-electron chi connectivity index (χ1n) is 8.05. The molecule has 140 valence electrons. The molecule has 0 saturated heterocycles. The van der Waals surface area contributed by atoms with Gasteiger partial charge in [-0.05, 0) is 57.6 Å². The predicted molar refractivity (Wildman–Crippen MR) is 104 cm³/mol. The summed E-state index contributed by atoms with van der Waals surface area (Å²) in [6.45, 7) is 1.62. The molecule has 9 heteroatoms.